The van der Waals surface area contributed by atoms with Crippen molar-refractivity contribution in [1.29, 1.82) is 0 Å². The maximum Gasteiger partial charge on any atom is 0.326 e. The third-order valence-electron chi connectivity index (χ3n) is 3.14. The topological polar surface area (TPSA) is 75.5 Å². The molecule has 0 bridgehead atoms. The second-order valence-corrected chi connectivity index (χ2v) is 4.32. The lowest BCUT2D eigenvalue weighted by atomic mass is 10.1. The van der Waals surface area contributed by atoms with Crippen LogP contribution in [-0.2, 0) is 4.79 Å². The van der Waals surface area contributed by atoms with E-state index in [0.29, 0.717) is 24.7 Å². The van der Waals surface area contributed by atoms with E-state index >= 15 is 0 Å². The van der Waals surface area contributed by atoms with E-state index in [9.17, 15) is 9.90 Å². The summed E-state index contributed by atoms with van der Waals surface area (Å²) in [6.45, 7) is 0.693. The van der Waals surface area contributed by atoms with Crippen LogP contribution in [0.2, 0.25) is 0 Å². The lowest BCUT2D eigenvalue weighted by Crippen LogP contribution is -2.41. The number of carbonyl (C=O) groups is 1. The predicted molar refractivity (Wildman–Crippen MR) is 65.8 cm³/mol. The average Bonchev–Trinajstić information content (AvgIpc) is 2.64. The number of methoxy groups -OCH3 is 1. The van der Waals surface area contributed by atoms with Crippen molar-refractivity contribution in [3.8, 4) is 5.88 Å². The van der Waals surface area contributed by atoms with Crippen molar-refractivity contribution in [3.63, 3.8) is 0 Å². The molecule has 1 atom stereocenters. The van der Waals surface area contributed by atoms with Gasteiger partial charge in [-0.05, 0) is 12.8 Å². The number of aliphatic carboxylic acids is 1. The molecular weight excluding hydrogens is 234 g/mol. The van der Waals surface area contributed by atoms with Crippen molar-refractivity contribution in [3.05, 3.63) is 12.4 Å². The van der Waals surface area contributed by atoms with Crippen LogP contribution in [0.1, 0.15) is 25.7 Å². The van der Waals surface area contributed by atoms with E-state index in [1.807, 2.05) is 4.90 Å². The minimum atomic E-state index is -0.804. The van der Waals surface area contributed by atoms with Crippen molar-refractivity contribution < 1.29 is 14.6 Å². The molecule has 1 aromatic rings. The van der Waals surface area contributed by atoms with Gasteiger partial charge in [-0.25, -0.2) is 4.79 Å². The van der Waals surface area contributed by atoms with Crippen LogP contribution in [0.25, 0.3) is 0 Å². The van der Waals surface area contributed by atoms with Crippen LogP contribution in [0.15, 0.2) is 12.4 Å². The number of nitrogens with zero attached hydrogens (tertiary/aromatic N) is 3. The van der Waals surface area contributed by atoms with Crippen LogP contribution in [0.3, 0.4) is 0 Å². The number of aromatic nitrogens is 2. The molecule has 0 saturated carbocycles. The third-order valence-corrected chi connectivity index (χ3v) is 3.14. The molecule has 2 heterocycles. The molecule has 0 spiro atoms. The first-order valence-electron chi connectivity index (χ1n) is 6.08. The molecule has 0 aromatic carbocycles. The van der Waals surface area contributed by atoms with Crippen LogP contribution in [0, 0.1) is 0 Å². The fraction of sp³-hybridized carbons (Fsp3) is 0.583. The highest BCUT2D eigenvalue weighted by Gasteiger charge is 2.28. The fourth-order valence-electron chi connectivity index (χ4n) is 2.21. The summed E-state index contributed by atoms with van der Waals surface area (Å²) in [5.41, 5.74) is 0. The van der Waals surface area contributed by atoms with Gasteiger partial charge in [0.25, 0.3) is 0 Å². The van der Waals surface area contributed by atoms with Gasteiger partial charge in [0, 0.05) is 6.54 Å². The first-order chi connectivity index (χ1) is 8.72. The third kappa shape index (κ3) is 2.69. The van der Waals surface area contributed by atoms with Crippen LogP contribution in [-0.4, -0.2) is 40.7 Å². The molecule has 6 nitrogen and oxygen atoms in total. The maximum absolute atomic E-state index is 11.3. The quantitative estimate of drug-likeness (QED) is 0.873. The van der Waals surface area contributed by atoms with Crippen molar-refractivity contribution >= 4 is 11.8 Å². The molecule has 1 aliphatic rings. The van der Waals surface area contributed by atoms with Gasteiger partial charge in [0.15, 0.2) is 5.82 Å². The number of anilines is 1. The Balaban J connectivity index is 2.28. The van der Waals surface area contributed by atoms with E-state index in [0.717, 1.165) is 19.3 Å². The lowest BCUT2D eigenvalue weighted by Gasteiger charge is -2.27. The van der Waals surface area contributed by atoms with Gasteiger partial charge in [-0.3, -0.25) is 4.98 Å². The largest absolute Gasteiger partial charge is 0.480 e. The fourth-order valence-corrected chi connectivity index (χ4v) is 2.21. The molecule has 1 unspecified atom stereocenters. The summed E-state index contributed by atoms with van der Waals surface area (Å²) >= 11 is 0. The van der Waals surface area contributed by atoms with Gasteiger partial charge in [-0.15, -0.1) is 0 Å². The molecule has 6 heteroatoms. The zero-order valence-corrected chi connectivity index (χ0v) is 10.4. The van der Waals surface area contributed by atoms with E-state index in [1.54, 1.807) is 6.20 Å². The van der Waals surface area contributed by atoms with Crippen LogP contribution in [0.5, 0.6) is 5.88 Å². The van der Waals surface area contributed by atoms with E-state index < -0.39 is 12.0 Å². The van der Waals surface area contributed by atoms with E-state index in [4.69, 9.17) is 4.74 Å². The number of hydrogen-bond acceptors (Lipinski definition) is 5. The van der Waals surface area contributed by atoms with Crippen molar-refractivity contribution in [2.45, 2.75) is 31.7 Å². The zero-order chi connectivity index (χ0) is 13.0. The van der Waals surface area contributed by atoms with E-state index in [2.05, 4.69) is 9.97 Å². The minimum absolute atomic E-state index is 0.404. The Hall–Kier alpha value is -1.85. The van der Waals surface area contributed by atoms with Crippen molar-refractivity contribution in [1.82, 2.24) is 9.97 Å². The van der Waals surface area contributed by atoms with Crippen molar-refractivity contribution in [2.75, 3.05) is 18.6 Å². The molecular formula is C12H17N3O3. The summed E-state index contributed by atoms with van der Waals surface area (Å²) in [5, 5.41) is 9.30. The Kier molecular flexibility index (Phi) is 3.96. The maximum atomic E-state index is 11.3. The first-order valence-corrected chi connectivity index (χ1v) is 6.08. The molecule has 0 aliphatic carbocycles. The van der Waals surface area contributed by atoms with E-state index in [1.165, 1.54) is 13.3 Å². The van der Waals surface area contributed by atoms with Gasteiger partial charge in [-0.2, -0.15) is 4.98 Å². The molecule has 0 amide bonds. The second-order valence-electron chi connectivity index (χ2n) is 4.32. The highest BCUT2D eigenvalue weighted by atomic mass is 16.5. The molecule has 0 radical (unpaired) electrons. The predicted octanol–water partition coefficient (Wildman–Crippen LogP) is 1.32. The Morgan fingerprint density at radius 2 is 2.28 bits per heavy atom. The monoisotopic (exact) mass is 251 g/mol. The summed E-state index contributed by atoms with van der Waals surface area (Å²) in [5.74, 6) is 0.172. The molecule has 1 saturated heterocycles. The number of rotatable bonds is 3. The van der Waals surface area contributed by atoms with Crippen LogP contribution < -0.4 is 9.64 Å². The normalized spacial score (nSPS) is 20.3. The Labute approximate surface area is 106 Å². The first kappa shape index (κ1) is 12.6. The van der Waals surface area contributed by atoms with Gasteiger partial charge in [0.05, 0.1) is 19.5 Å². The Morgan fingerprint density at radius 3 is 3.00 bits per heavy atom. The van der Waals surface area contributed by atoms with Crippen LogP contribution >= 0.6 is 0 Å². The summed E-state index contributed by atoms with van der Waals surface area (Å²) in [7, 11) is 1.52. The second kappa shape index (κ2) is 5.66. The number of ether oxygens (including phenoxy) is 1. The standard InChI is InChI=1S/C12H17N3O3/c1-18-11-8-13-7-10(14-11)15-6-4-2-3-5-9(15)12(16)17/h7-9H,2-6H2,1H3,(H,16,17). The summed E-state index contributed by atoms with van der Waals surface area (Å²) < 4.78 is 5.02. The molecule has 1 aromatic heterocycles. The van der Waals surface area contributed by atoms with Gasteiger partial charge >= 0.3 is 5.97 Å². The number of carboxylic acid groups (broad SMARTS) is 1. The summed E-state index contributed by atoms with van der Waals surface area (Å²) in [6, 6.07) is -0.520. The lowest BCUT2D eigenvalue weighted by molar-refractivity contribution is -0.138. The molecule has 1 fully saturated rings. The molecule has 18 heavy (non-hydrogen) atoms. The number of hydrogen-bond donors (Lipinski definition) is 1. The SMILES string of the molecule is COc1cncc(N2CCCCCC2C(=O)O)n1. The Bertz CT molecular complexity index is 425. The molecule has 1 N–H and O–H groups in total. The molecule has 2 rings (SSSR count). The smallest absolute Gasteiger partial charge is 0.326 e. The van der Waals surface area contributed by atoms with Crippen LogP contribution in [0.4, 0.5) is 5.82 Å². The van der Waals surface area contributed by atoms with Crippen molar-refractivity contribution in [2.24, 2.45) is 0 Å². The molecule has 98 valence electrons. The van der Waals surface area contributed by atoms with Gasteiger partial charge in [-0.1, -0.05) is 12.8 Å². The number of carboxylic acids is 1. The van der Waals surface area contributed by atoms with E-state index in [-0.39, 0.29) is 0 Å². The Morgan fingerprint density at radius 1 is 1.44 bits per heavy atom. The summed E-state index contributed by atoms with van der Waals surface area (Å²) in [6.07, 6.45) is 6.71. The average molecular weight is 251 g/mol. The zero-order valence-electron chi connectivity index (χ0n) is 10.4. The molecule has 1 aliphatic heterocycles. The van der Waals surface area contributed by atoms with Gasteiger partial charge < -0.3 is 14.7 Å². The minimum Gasteiger partial charge on any atom is -0.480 e. The summed E-state index contributed by atoms with van der Waals surface area (Å²) in [4.78, 5) is 21.4. The van der Waals surface area contributed by atoms with Gasteiger partial charge in [0.1, 0.15) is 6.04 Å². The van der Waals surface area contributed by atoms with Gasteiger partial charge in [0.2, 0.25) is 5.88 Å². The highest BCUT2D eigenvalue weighted by Crippen LogP contribution is 2.23. The highest BCUT2D eigenvalue weighted by molar-refractivity contribution is 5.77.